The Morgan fingerprint density at radius 1 is 1.40 bits per heavy atom. The van der Waals surface area contributed by atoms with Crippen molar-refractivity contribution in [3.63, 3.8) is 0 Å². The van der Waals surface area contributed by atoms with Crippen LogP contribution in [0.15, 0.2) is 40.2 Å². The molecule has 20 heavy (non-hydrogen) atoms. The second kappa shape index (κ2) is 6.15. The monoisotopic (exact) mass is 354 g/mol. The summed E-state index contributed by atoms with van der Waals surface area (Å²) in [6.45, 7) is 0.478. The van der Waals surface area contributed by atoms with E-state index in [1.807, 2.05) is 17.5 Å². The Hall–Kier alpha value is -1.73. The summed E-state index contributed by atoms with van der Waals surface area (Å²) >= 11 is 4.70. The van der Waals surface area contributed by atoms with Crippen LogP contribution in [0.4, 0.5) is 5.69 Å². The normalized spacial score (nSPS) is 10.3. The molecule has 1 aromatic carbocycles. The Kier molecular flexibility index (Phi) is 4.51. The van der Waals surface area contributed by atoms with Crippen molar-refractivity contribution < 1.29 is 9.72 Å². The van der Waals surface area contributed by atoms with E-state index in [9.17, 15) is 14.9 Å². The van der Waals surface area contributed by atoms with Crippen molar-refractivity contribution in [1.82, 2.24) is 4.90 Å². The lowest BCUT2D eigenvalue weighted by atomic mass is 10.2. The van der Waals surface area contributed by atoms with Crippen LogP contribution in [0.1, 0.15) is 15.2 Å². The third kappa shape index (κ3) is 3.05. The first-order valence-electron chi connectivity index (χ1n) is 5.71. The first-order valence-corrected chi connectivity index (χ1v) is 7.38. The molecule has 2 rings (SSSR count). The second-order valence-corrected chi connectivity index (χ2v) is 5.96. The fourth-order valence-electron chi connectivity index (χ4n) is 1.74. The Morgan fingerprint density at radius 3 is 2.75 bits per heavy atom. The summed E-state index contributed by atoms with van der Waals surface area (Å²) in [7, 11) is 1.67. The lowest BCUT2D eigenvalue weighted by Crippen LogP contribution is -2.26. The Labute approximate surface area is 128 Å². The van der Waals surface area contributed by atoms with Crippen molar-refractivity contribution in [2.75, 3.05) is 7.05 Å². The first kappa shape index (κ1) is 14.7. The quantitative estimate of drug-likeness (QED) is 0.621. The minimum Gasteiger partial charge on any atom is -0.337 e. The van der Waals surface area contributed by atoms with Crippen LogP contribution in [0.25, 0.3) is 0 Å². The lowest BCUT2D eigenvalue weighted by Gasteiger charge is -2.17. The molecule has 0 spiro atoms. The average Bonchev–Trinajstić information content (AvgIpc) is 2.90. The van der Waals surface area contributed by atoms with E-state index in [1.54, 1.807) is 24.5 Å². The Bertz CT molecular complexity index is 643. The smallest absolute Gasteiger partial charge is 0.284 e. The fraction of sp³-hybridized carbons (Fsp3) is 0.154. The van der Waals surface area contributed by atoms with Crippen LogP contribution in [0.2, 0.25) is 0 Å². The highest BCUT2D eigenvalue weighted by Gasteiger charge is 2.21. The number of carbonyl (C=O) groups excluding carboxylic acids is 1. The van der Waals surface area contributed by atoms with Gasteiger partial charge in [-0.15, -0.1) is 11.3 Å². The molecule has 2 aromatic rings. The van der Waals surface area contributed by atoms with Crippen molar-refractivity contribution in [3.8, 4) is 0 Å². The second-order valence-electron chi connectivity index (χ2n) is 4.14. The van der Waals surface area contributed by atoms with Crippen LogP contribution in [0.3, 0.4) is 0 Å². The number of halogens is 1. The molecule has 0 saturated heterocycles. The van der Waals surface area contributed by atoms with Crippen LogP contribution < -0.4 is 0 Å². The number of hydrogen-bond donors (Lipinski definition) is 0. The molecule has 0 atom stereocenters. The number of nitrogens with zero attached hydrogens (tertiary/aromatic N) is 2. The van der Waals surface area contributed by atoms with Gasteiger partial charge in [0, 0.05) is 18.0 Å². The number of rotatable bonds is 4. The summed E-state index contributed by atoms with van der Waals surface area (Å²) in [4.78, 5) is 25.3. The van der Waals surface area contributed by atoms with Crippen molar-refractivity contribution in [3.05, 3.63) is 60.7 Å². The molecular formula is C13H11BrN2O3S. The molecule has 0 aliphatic rings. The number of hydrogen-bond acceptors (Lipinski definition) is 4. The summed E-state index contributed by atoms with van der Waals surface area (Å²) in [6.07, 6.45) is 0. The van der Waals surface area contributed by atoms with Crippen molar-refractivity contribution >= 4 is 38.9 Å². The molecule has 0 saturated carbocycles. The zero-order valence-electron chi connectivity index (χ0n) is 10.6. The highest BCUT2D eigenvalue weighted by Crippen LogP contribution is 2.29. The number of nitro benzene ring substituents is 1. The maximum Gasteiger partial charge on any atom is 0.284 e. The predicted molar refractivity (Wildman–Crippen MR) is 80.9 cm³/mol. The largest absolute Gasteiger partial charge is 0.337 e. The van der Waals surface area contributed by atoms with E-state index in [0.717, 1.165) is 4.88 Å². The standard InChI is InChI=1S/C13H11BrN2O3S/c1-15(8-9-4-3-7-20-9)13(17)10-5-2-6-11(12(10)14)16(18)19/h2-7H,8H2,1H3. The molecular weight excluding hydrogens is 344 g/mol. The van der Waals surface area contributed by atoms with E-state index in [4.69, 9.17) is 0 Å². The third-order valence-corrected chi connectivity index (χ3v) is 4.42. The van der Waals surface area contributed by atoms with Gasteiger partial charge in [-0.3, -0.25) is 14.9 Å². The SMILES string of the molecule is CN(Cc1cccs1)C(=O)c1cccc([N+](=O)[O-])c1Br. The number of thiophene rings is 1. The average molecular weight is 355 g/mol. The van der Waals surface area contributed by atoms with Gasteiger partial charge in [-0.25, -0.2) is 0 Å². The van der Waals surface area contributed by atoms with Crippen LogP contribution in [0, 0.1) is 10.1 Å². The van der Waals surface area contributed by atoms with E-state index in [2.05, 4.69) is 15.9 Å². The van der Waals surface area contributed by atoms with Crippen LogP contribution in [-0.2, 0) is 6.54 Å². The fourth-order valence-corrected chi connectivity index (χ4v) is 3.08. The predicted octanol–water partition coefficient (Wildman–Crippen LogP) is 3.69. The van der Waals surface area contributed by atoms with Crippen molar-refractivity contribution in [2.45, 2.75) is 6.54 Å². The maximum atomic E-state index is 12.3. The molecule has 0 unspecified atom stereocenters. The van der Waals surface area contributed by atoms with Gasteiger partial charge in [-0.1, -0.05) is 12.1 Å². The van der Waals surface area contributed by atoms with Crippen LogP contribution in [-0.4, -0.2) is 22.8 Å². The number of amides is 1. The molecule has 0 aliphatic carbocycles. The molecule has 5 nitrogen and oxygen atoms in total. The molecule has 0 aliphatic heterocycles. The van der Waals surface area contributed by atoms with Gasteiger partial charge in [0.05, 0.1) is 17.0 Å². The molecule has 1 aromatic heterocycles. The van der Waals surface area contributed by atoms with Crippen molar-refractivity contribution in [2.24, 2.45) is 0 Å². The molecule has 7 heteroatoms. The van der Waals surface area contributed by atoms with Gasteiger partial charge in [-0.2, -0.15) is 0 Å². The van der Waals surface area contributed by atoms with Gasteiger partial charge in [0.2, 0.25) is 0 Å². The highest BCUT2D eigenvalue weighted by molar-refractivity contribution is 9.10. The zero-order chi connectivity index (χ0) is 14.7. The van der Waals surface area contributed by atoms with E-state index < -0.39 is 4.92 Å². The molecule has 0 N–H and O–H groups in total. The van der Waals surface area contributed by atoms with Gasteiger partial charge in [0.1, 0.15) is 4.47 Å². The topological polar surface area (TPSA) is 63.5 Å². The molecule has 0 bridgehead atoms. The molecule has 104 valence electrons. The van der Waals surface area contributed by atoms with E-state index in [1.165, 1.54) is 17.0 Å². The Morgan fingerprint density at radius 2 is 2.15 bits per heavy atom. The van der Waals surface area contributed by atoms with Gasteiger partial charge in [-0.05, 0) is 33.4 Å². The van der Waals surface area contributed by atoms with Gasteiger partial charge < -0.3 is 4.90 Å². The summed E-state index contributed by atoms with van der Waals surface area (Å²) in [5, 5.41) is 12.8. The minimum atomic E-state index is -0.514. The molecule has 1 amide bonds. The highest BCUT2D eigenvalue weighted by atomic mass is 79.9. The molecule has 1 heterocycles. The third-order valence-electron chi connectivity index (χ3n) is 2.73. The van der Waals surface area contributed by atoms with Gasteiger partial charge in [0.15, 0.2) is 0 Å². The number of nitro groups is 1. The lowest BCUT2D eigenvalue weighted by molar-refractivity contribution is -0.385. The number of benzene rings is 1. The van der Waals surface area contributed by atoms with E-state index in [-0.39, 0.29) is 16.1 Å². The first-order chi connectivity index (χ1) is 9.50. The van der Waals surface area contributed by atoms with E-state index >= 15 is 0 Å². The summed E-state index contributed by atoms with van der Waals surface area (Å²) in [5.41, 5.74) is 0.179. The van der Waals surface area contributed by atoms with E-state index in [0.29, 0.717) is 12.1 Å². The van der Waals surface area contributed by atoms with Crippen LogP contribution in [0.5, 0.6) is 0 Å². The molecule has 0 fully saturated rings. The van der Waals surface area contributed by atoms with Gasteiger partial charge >= 0.3 is 0 Å². The molecule has 0 radical (unpaired) electrons. The van der Waals surface area contributed by atoms with Crippen LogP contribution >= 0.6 is 27.3 Å². The van der Waals surface area contributed by atoms with Gasteiger partial charge in [0.25, 0.3) is 11.6 Å². The zero-order valence-corrected chi connectivity index (χ0v) is 13.0. The van der Waals surface area contributed by atoms with Crippen molar-refractivity contribution in [1.29, 1.82) is 0 Å². The minimum absolute atomic E-state index is 0.111. The summed E-state index contributed by atoms with van der Waals surface area (Å²) < 4.78 is 0.216. The summed E-state index contributed by atoms with van der Waals surface area (Å²) in [5.74, 6) is -0.256. The Balaban J connectivity index is 2.25. The summed E-state index contributed by atoms with van der Waals surface area (Å²) in [6, 6.07) is 8.30. The number of carbonyl (C=O) groups is 1. The maximum absolute atomic E-state index is 12.3.